The van der Waals surface area contributed by atoms with Crippen LogP contribution in [0.2, 0.25) is 0 Å². The van der Waals surface area contributed by atoms with E-state index < -0.39 is 27.4 Å². The van der Waals surface area contributed by atoms with Crippen LogP contribution >= 0.6 is 0 Å². The maximum Gasteiger partial charge on any atom is 0.271 e. The van der Waals surface area contributed by atoms with Crippen LogP contribution in [-0.4, -0.2) is 38.2 Å². The van der Waals surface area contributed by atoms with Crippen molar-refractivity contribution >= 4 is 44.6 Å². The van der Waals surface area contributed by atoms with E-state index in [1.165, 1.54) is 30.3 Å². The maximum absolute atomic E-state index is 13.4. The molecule has 1 aliphatic rings. The van der Waals surface area contributed by atoms with Crippen LogP contribution in [0.4, 0.5) is 22.7 Å². The molecule has 11 heteroatoms. The molecule has 1 heterocycles. The Labute approximate surface area is 202 Å². The number of non-ortho nitro benzene ring substituents is 1. The highest BCUT2D eigenvalue weighted by molar-refractivity contribution is 7.92. The van der Waals surface area contributed by atoms with Crippen molar-refractivity contribution in [2.45, 2.75) is 17.7 Å². The lowest BCUT2D eigenvalue weighted by Gasteiger charge is -2.24. The van der Waals surface area contributed by atoms with Crippen molar-refractivity contribution in [2.24, 2.45) is 0 Å². The third kappa shape index (κ3) is 5.30. The maximum atomic E-state index is 13.4. The van der Waals surface area contributed by atoms with Gasteiger partial charge in [0.05, 0.1) is 15.5 Å². The molecule has 35 heavy (non-hydrogen) atoms. The van der Waals surface area contributed by atoms with Gasteiger partial charge in [0, 0.05) is 36.5 Å². The van der Waals surface area contributed by atoms with Crippen LogP contribution in [0.1, 0.15) is 12.8 Å². The molecule has 0 aromatic heterocycles. The van der Waals surface area contributed by atoms with Gasteiger partial charge in [-0.2, -0.15) is 0 Å². The summed E-state index contributed by atoms with van der Waals surface area (Å²) in [5.74, 6) is -0.596. The average Bonchev–Trinajstić information content (AvgIpc) is 3.29. The van der Waals surface area contributed by atoms with Crippen LogP contribution in [-0.2, 0) is 19.6 Å². The Morgan fingerprint density at radius 1 is 1.03 bits per heavy atom. The lowest BCUT2D eigenvalue weighted by atomic mass is 10.2. The number of anilines is 3. The largest absolute Gasteiger partial charge is 0.325 e. The second-order valence-electron chi connectivity index (χ2n) is 7.85. The molecule has 10 nitrogen and oxygen atoms in total. The fraction of sp³-hybridized carbons (Fsp3) is 0.167. The molecular formula is C24H22N4O6S. The first-order chi connectivity index (χ1) is 16.8. The summed E-state index contributed by atoms with van der Waals surface area (Å²) in [5, 5.41) is 13.9. The second-order valence-corrected chi connectivity index (χ2v) is 9.71. The fourth-order valence-corrected chi connectivity index (χ4v) is 5.21. The van der Waals surface area contributed by atoms with Crippen molar-refractivity contribution in [3.63, 3.8) is 0 Å². The van der Waals surface area contributed by atoms with Crippen LogP contribution in [0.25, 0.3) is 0 Å². The number of nitrogens with one attached hydrogen (secondary N) is 1. The van der Waals surface area contributed by atoms with Crippen molar-refractivity contribution in [3.05, 3.63) is 89.0 Å². The molecule has 3 aromatic carbocycles. The summed E-state index contributed by atoms with van der Waals surface area (Å²) < 4.78 is 27.6. The average molecular weight is 495 g/mol. The van der Waals surface area contributed by atoms with Gasteiger partial charge in [-0.05, 0) is 48.9 Å². The van der Waals surface area contributed by atoms with Gasteiger partial charge in [0.25, 0.3) is 15.7 Å². The summed E-state index contributed by atoms with van der Waals surface area (Å²) in [6.45, 7) is 0.0326. The number of nitrogens with zero attached hydrogens (tertiary/aromatic N) is 3. The minimum Gasteiger partial charge on any atom is -0.325 e. The number of nitro groups is 1. The molecule has 0 spiro atoms. The van der Waals surface area contributed by atoms with Crippen LogP contribution < -0.4 is 14.5 Å². The first-order valence-electron chi connectivity index (χ1n) is 10.8. The van der Waals surface area contributed by atoms with Gasteiger partial charge in [-0.3, -0.25) is 24.0 Å². The van der Waals surface area contributed by atoms with Gasteiger partial charge in [0.15, 0.2) is 0 Å². The molecule has 0 aliphatic carbocycles. The van der Waals surface area contributed by atoms with Crippen molar-refractivity contribution in [1.29, 1.82) is 0 Å². The minimum absolute atomic E-state index is 0.0129. The van der Waals surface area contributed by atoms with E-state index in [-0.39, 0.29) is 22.2 Å². The Morgan fingerprint density at radius 3 is 2.37 bits per heavy atom. The van der Waals surface area contributed by atoms with Gasteiger partial charge in [-0.15, -0.1) is 0 Å². The zero-order valence-electron chi connectivity index (χ0n) is 18.5. The smallest absolute Gasteiger partial charge is 0.271 e. The molecule has 2 amide bonds. The predicted molar refractivity (Wildman–Crippen MR) is 131 cm³/mol. The number of carbonyl (C=O) groups excluding carboxylic acids is 2. The molecule has 0 saturated carbocycles. The molecule has 4 rings (SSSR count). The lowest BCUT2D eigenvalue weighted by molar-refractivity contribution is -0.384. The Kier molecular flexibility index (Phi) is 6.78. The summed E-state index contributed by atoms with van der Waals surface area (Å²) in [7, 11) is -4.20. The number of nitro benzene ring substituents is 1. The van der Waals surface area contributed by atoms with Crippen LogP contribution in [0.15, 0.2) is 83.8 Å². The first-order valence-corrected chi connectivity index (χ1v) is 12.2. The fourth-order valence-electron chi connectivity index (χ4n) is 3.77. The minimum atomic E-state index is -4.20. The lowest BCUT2D eigenvalue weighted by Crippen LogP contribution is -2.38. The Morgan fingerprint density at radius 2 is 1.74 bits per heavy atom. The Balaban J connectivity index is 1.58. The molecule has 0 radical (unpaired) electrons. The topological polar surface area (TPSA) is 130 Å². The van der Waals surface area contributed by atoms with E-state index in [0.717, 1.165) is 22.5 Å². The number of amides is 2. The standard InChI is InChI=1S/C24H22N4O6S/c29-23(25-18-11-13-19(14-12-18)26-15-5-10-24(26)30)17-27(20-6-4-7-21(16-20)28(31)32)35(33,34)22-8-2-1-3-9-22/h1-4,6-9,11-14,16H,5,10,15,17H2,(H,25,29). The summed E-state index contributed by atoms with van der Waals surface area (Å²) in [6, 6.07) is 19.3. The number of benzene rings is 3. The molecule has 0 bridgehead atoms. The highest BCUT2D eigenvalue weighted by atomic mass is 32.2. The number of sulfonamides is 1. The number of carbonyl (C=O) groups is 2. The van der Waals surface area contributed by atoms with Crippen LogP contribution in [0.5, 0.6) is 0 Å². The molecular weight excluding hydrogens is 472 g/mol. The Hall–Kier alpha value is -4.25. The molecule has 0 unspecified atom stereocenters. The number of hydrogen-bond acceptors (Lipinski definition) is 6. The third-order valence-electron chi connectivity index (χ3n) is 5.48. The molecule has 1 saturated heterocycles. The van der Waals surface area contributed by atoms with Crippen LogP contribution in [0.3, 0.4) is 0 Å². The number of rotatable bonds is 8. The molecule has 1 fully saturated rings. The van der Waals surface area contributed by atoms with E-state index in [2.05, 4.69) is 5.32 Å². The van der Waals surface area contributed by atoms with Gasteiger partial charge in [-0.25, -0.2) is 8.42 Å². The highest BCUT2D eigenvalue weighted by Crippen LogP contribution is 2.27. The van der Waals surface area contributed by atoms with Gasteiger partial charge in [0.2, 0.25) is 11.8 Å². The van der Waals surface area contributed by atoms with Crippen molar-refractivity contribution in [2.75, 3.05) is 27.6 Å². The highest BCUT2D eigenvalue weighted by Gasteiger charge is 2.28. The van der Waals surface area contributed by atoms with E-state index >= 15 is 0 Å². The SMILES string of the molecule is O=C(CN(c1cccc([N+](=O)[O-])c1)S(=O)(=O)c1ccccc1)Nc1ccc(N2CCCC2=O)cc1. The quantitative estimate of drug-likeness (QED) is 0.376. The molecule has 1 aliphatic heterocycles. The molecule has 3 aromatic rings. The summed E-state index contributed by atoms with van der Waals surface area (Å²) in [5.41, 5.74) is 0.821. The summed E-state index contributed by atoms with van der Waals surface area (Å²) >= 11 is 0. The van der Waals surface area contributed by atoms with E-state index in [1.54, 1.807) is 47.4 Å². The van der Waals surface area contributed by atoms with Crippen molar-refractivity contribution in [3.8, 4) is 0 Å². The van der Waals surface area contributed by atoms with E-state index in [1.807, 2.05) is 0 Å². The monoisotopic (exact) mass is 494 g/mol. The van der Waals surface area contributed by atoms with Gasteiger partial charge >= 0.3 is 0 Å². The summed E-state index contributed by atoms with van der Waals surface area (Å²) in [6.07, 6.45) is 1.29. The van der Waals surface area contributed by atoms with E-state index in [9.17, 15) is 28.1 Å². The number of hydrogen-bond donors (Lipinski definition) is 1. The first kappa shape index (κ1) is 23.9. The normalized spacial score (nSPS) is 13.5. The van der Waals surface area contributed by atoms with Gasteiger partial charge in [0.1, 0.15) is 6.54 Å². The third-order valence-corrected chi connectivity index (χ3v) is 7.27. The molecule has 0 atom stereocenters. The van der Waals surface area contributed by atoms with E-state index in [4.69, 9.17) is 0 Å². The molecule has 1 N–H and O–H groups in total. The Bertz CT molecular complexity index is 1360. The van der Waals surface area contributed by atoms with Crippen molar-refractivity contribution in [1.82, 2.24) is 0 Å². The second kappa shape index (κ2) is 9.94. The van der Waals surface area contributed by atoms with Gasteiger partial charge < -0.3 is 10.2 Å². The summed E-state index contributed by atoms with van der Waals surface area (Å²) in [4.78, 5) is 37.0. The van der Waals surface area contributed by atoms with Crippen molar-refractivity contribution < 1.29 is 22.9 Å². The van der Waals surface area contributed by atoms with E-state index in [0.29, 0.717) is 18.7 Å². The predicted octanol–water partition coefficient (Wildman–Crippen LogP) is 3.56. The molecule has 180 valence electrons. The van der Waals surface area contributed by atoms with Crippen LogP contribution in [0, 0.1) is 10.1 Å². The van der Waals surface area contributed by atoms with Gasteiger partial charge in [-0.1, -0.05) is 24.3 Å². The zero-order chi connectivity index (χ0) is 25.0. The zero-order valence-corrected chi connectivity index (χ0v) is 19.3.